The number of carboxylic acids is 1. The van der Waals surface area contributed by atoms with E-state index in [-0.39, 0.29) is 12.4 Å². The minimum Gasteiger partial charge on any atom is -0.481 e. The van der Waals surface area contributed by atoms with Crippen molar-refractivity contribution in [3.63, 3.8) is 0 Å². The van der Waals surface area contributed by atoms with Crippen LogP contribution in [0.2, 0.25) is 0 Å². The third-order valence-electron chi connectivity index (χ3n) is 1.86. The fraction of sp³-hybridized carbons (Fsp3) is 0.778. The minimum absolute atomic E-state index is 0.134. The number of hydrogen-bond acceptors (Lipinski definition) is 4. The number of aliphatic carboxylic acids is 1. The number of rotatable bonds is 7. The number of carboxylic acid groups (broad SMARTS) is 1. The van der Waals surface area contributed by atoms with E-state index in [1.165, 1.54) is 7.11 Å². The highest BCUT2D eigenvalue weighted by atomic mass is 16.5. The van der Waals surface area contributed by atoms with Gasteiger partial charge in [-0.05, 0) is 20.0 Å². The van der Waals surface area contributed by atoms with E-state index in [1.807, 2.05) is 11.9 Å². The summed E-state index contributed by atoms with van der Waals surface area (Å²) in [5, 5.41) is 8.41. The first-order chi connectivity index (χ1) is 6.56. The van der Waals surface area contributed by atoms with E-state index in [0.717, 1.165) is 0 Å². The van der Waals surface area contributed by atoms with Gasteiger partial charge < -0.3 is 14.7 Å². The lowest BCUT2D eigenvalue weighted by Crippen LogP contribution is -2.23. The molecule has 0 aliphatic carbocycles. The molecule has 0 heterocycles. The van der Waals surface area contributed by atoms with Crippen LogP contribution in [0.5, 0.6) is 0 Å². The average Bonchev–Trinajstić information content (AvgIpc) is 2.14. The van der Waals surface area contributed by atoms with Gasteiger partial charge in [-0.3, -0.25) is 9.59 Å². The molecule has 0 aromatic rings. The summed E-state index contributed by atoms with van der Waals surface area (Å²) in [7, 11) is 3.19. The zero-order valence-electron chi connectivity index (χ0n) is 8.65. The van der Waals surface area contributed by atoms with Crippen LogP contribution in [0.4, 0.5) is 0 Å². The molecule has 0 spiro atoms. The molecule has 0 bridgehead atoms. The van der Waals surface area contributed by atoms with Crippen LogP contribution >= 0.6 is 0 Å². The van der Waals surface area contributed by atoms with E-state index in [2.05, 4.69) is 4.74 Å². The predicted molar refractivity (Wildman–Crippen MR) is 51.0 cm³/mol. The van der Waals surface area contributed by atoms with E-state index in [1.54, 1.807) is 0 Å². The predicted octanol–water partition coefficient (Wildman–Crippen LogP) is 0.346. The molecule has 0 saturated carbocycles. The van der Waals surface area contributed by atoms with Crippen molar-refractivity contribution in [1.82, 2.24) is 4.90 Å². The Hall–Kier alpha value is -1.10. The largest absolute Gasteiger partial charge is 0.481 e. The van der Waals surface area contributed by atoms with Crippen molar-refractivity contribution >= 4 is 11.9 Å². The molecule has 0 unspecified atom stereocenters. The summed E-state index contributed by atoms with van der Waals surface area (Å²) >= 11 is 0. The van der Waals surface area contributed by atoms with Crippen molar-refractivity contribution in [3.05, 3.63) is 0 Å². The number of esters is 1. The quantitative estimate of drug-likeness (QED) is 0.604. The molecule has 0 atom stereocenters. The molecule has 0 aliphatic rings. The first-order valence-corrected chi connectivity index (χ1v) is 4.53. The molecule has 82 valence electrons. The number of carbonyl (C=O) groups excluding carboxylic acids is 1. The molecule has 0 rings (SSSR count). The Bertz CT molecular complexity index is 193. The number of carbonyl (C=O) groups is 2. The molecule has 5 nitrogen and oxygen atoms in total. The third-order valence-corrected chi connectivity index (χ3v) is 1.86. The third kappa shape index (κ3) is 7.54. The summed E-state index contributed by atoms with van der Waals surface area (Å²) in [6.07, 6.45) is 1.21. The van der Waals surface area contributed by atoms with Crippen molar-refractivity contribution in [1.29, 1.82) is 0 Å². The lowest BCUT2D eigenvalue weighted by molar-refractivity contribution is -0.141. The molecule has 0 saturated heterocycles. The molecular weight excluding hydrogens is 186 g/mol. The molecule has 5 heteroatoms. The van der Waals surface area contributed by atoms with Crippen molar-refractivity contribution < 1.29 is 19.4 Å². The SMILES string of the molecule is COC(=O)CCCN(C)CCC(=O)O. The van der Waals surface area contributed by atoms with Crippen molar-refractivity contribution in [3.8, 4) is 0 Å². The van der Waals surface area contributed by atoms with Gasteiger partial charge in [0, 0.05) is 13.0 Å². The highest BCUT2D eigenvalue weighted by molar-refractivity contribution is 5.69. The smallest absolute Gasteiger partial charge is 0.305 e. The minimum atomic E-state index is -0.801. The fourth-order valence-electron chi connectivity index (χ4n) is 0.994. The molecule has 0 aromatic carbocycles. The standard InChI is InChI=1S/C9H17NO4/c1-10(7-5-8(11)12)6-3-4-9(13)14-2/h3-7H2,1-2H3,(H,11,12). The Labute approximate surface area is 83.6 Å². The Balaban J connectivity index is 3.39. The maximum atomic E-state index is 10.7. The monoisotopic (exact) mass is 203 g/mol. The molecule has 14 heavy (non-hydrogen) atoms. The zero-order valence-corrected chi connectivity index (χ0v) is 8.65. The van der Waals surface area contributed by atoms with Crippen LogP contribution in [0.1, 0.15) is 19.3 Å². The van der Waals surface area contributed by atoms with Gasteiger partial charge in [0.05, 0.1) is 13.5 Å². The van der Waals surface area contributed by atoms with Crippen LogP contribution < -0.4 is 0 Å². The lowest BCUT2D eigenvalue weighted by atomic mass is 10.3. The van der Waals surface area contributed by atoms with Gasteiger partial charge in [0.15, 0.2) is 0 Å². The van der Waals surface area contributed by atoms with Crippen LogP contribution in [0, 0.1) is 0 Å². The molecule has 1 N–H and O–H groups in total. The number of hydrogen-bond donors (Lipinski definition) is 1. The number of ether oxygens (including phenoxy) is 1. The van der Waals surface area contributed by atoms with E-state index >= 15 is 0 Å². The normalized spacial score (nSPS) is 10.2. The van der Waals surface area contributed by atoms with E-state index < -0.39 is 5.97 Å². The number of methoxy groups -OCH3 is 1. The molecule has 0 fully saturated rings. The van der Waals surface area contributed by atoms with Crippen molar-refractivity contribution in [2.75, 3.05) is 27.2 Å². The van der Waals surface area contributed by atoms with Gasteiger partial charge in [-0.1, -0.05) is 0 Å². The van der Waals surface area contributed by atoms with Crippen LogP contribution in [0.25, 0.3) is 0 Å². The summed E-state index contributed by atoms with van der Waals surface area (Å²) in [6.45, 7) is 1.22. The van der Waals surface area contributed by atoms with Gasteiger partial charge in [-0.2, -0.15) is 0 Å². The maximum Gasteiger partial charge on any atom is 0.305 e. The zero-order chi connectivity index (χ0) is 11.0. The molecule has 0 aromatic heterocycles. The molecular formula is C9H17NO4. The second-order valence-electron chi connectivity index (χ2n) is 3.13. The van der Waals surface area contributed by atoms with Crippen LogP contribution in [0.3, 0.4) is 0 Å². The van der Waals surface area contributed by atoms with Gasteiger partial charge in [0.2, 0.25) is 0 Å². The van der Waals surface area contributed by atoms with Crippen LogP contribution in [0.15, 0.2) is 0 Å². The van der Waals surface area contributed by atoms with E-state index in [4.69, 9.17) is 5.11 Å². The van der Waals surface area contributed by atoms with Crippen molar-refractivity contribution in [2.24, 2.45) is 0 Å². The summed E-state index contributed by atoms with van der Waals surface area (Å²) in [5.41, 5.74) is 0. The average molecular weight is 203 g/mol. The van der Waals surface area contributed by atoms with Gasteiger partial charge in [0.25, 0.3) is 0 Å². The van der Waals surface area contributed by atoms with E-state index in [9.17, 15) is 9.59 Å². The summed E-state index contributed by atoms with van der Waals surface area (Å²) in [5.74, 6) is -1.03. The highest BCUT2D eigenvalue weighted by Gasteiger charge is 2.04. The molecule has 0 amide bonds. The van der Waals surface area contributed by atoms with Gasteiger partial charge >= 0.3 is 11.9 Å². The highest BCUT2D eigenvalue weighted by Crippen LogP contribution is 1.95. The van der Waals surface area contributed by atoms with Gasteiger partial charge in [0.1, 0.15) is 0 Å². The summed E-state index contributed by atoms with van der Waals surface area (Å²) < 4.78 is 4.48. The Morgan fingerprint density at radius 2 is 1.93 bits per heavy atom. The second-order valence-corrected chi connectivity index (χ2v) is 3.13. The summed E-state index contributed by atoms with van der Waals surface area (Å²) in [6, 6.07) is 0. The van der Waals surface area contributed by atoms with Gasteiger partial charge in [-0.25, -0.2) is 0 Å². The van der Waals surface area contributed by atoms with E-state index in [0.29, 0.717) is 25.9 Å². The fourth-order valence-corrected chi connectivity index (χ4v) is 0.994. The Morgan fingerprint density at radius 3 is 2.43 bits per heavy atom. The maximum absolute atomic E-state index is 10.7. The van der Waals surface area contributed by atoms with Crippen molar-refractivity contribution in [2.45, 2.75) is 19.3 Å². The lowest BCUT2D eigenvalue weighted by Gasteiger charge is -2.14. The van der Waals surface area contributed by atoms with Crippen LogP contribution in [-0.2, 0) is 14.3 Å². The topological polar surface area (TPSA) is 66.8 Å². The van der Waals surface area contributed by atoms with Crippen LogP contribution in [-0.4, -0.2) is 49.2 Å². The molecule has 0 aliphatic heterocycles. The first kappa shape index (κ1) is 12.9. The Morgan fingerprint density at radius 1 is 1.29 bits per heavy atom. The van der Waals surface area contributed by atoms with Gasteiger partial charge in [-0.15, -0.1) is 0 Å². The second kappa shape index (κ2) is 7.32. The molecule has 0 radical (unpaired) electrons. The summed E-state index contributed by atoms with van der Waals surface area (Å²) in [4.78, 5) is 22.8. The first-order valence-electron chi connectivity index (χ1n) is 4.53. The number of nitrogens with zero attached hydrogens (tertiary/aromatic N) is 1. The Kier molecular flexibility index (Phi) is 6.74.